The summed E-state index contributed by atoms with van der Waals surface area (Å²) in [5, 5.41) is 16.9. The number of unbranched alkanes of at least 4 members (excludes halogenated alkanes) is 4. The summed E-state index contributed by atoms with van der Waals surface area (Å²) in [6.45, 7) is 0. The van der Waals surface area contributed by atoms with Crippen molar-refractivity contribution in [2.45, 2.75) is 44.9 Å². The van der Waals surface area contributed by atoms with Gasteiger partial charge in [-0.3, -0.25) is 10.0 Å². The number of carbonyl (C=O) groups is 1. The molecule has 1 heterocycles. The minimum absolute atomic E-state index is 0.318. The summed E-state index contributed by atoms with van der Waals surface area (Å²) in [5.41, 5.74) is 3.56. The molecule has 0 spiro atoms. The lowest BCUT2D eigenvalue weighted by molar-refractivity contribution is -0.129. The van der Waals surface area contributed by atoms with Gasteiger partial charge in [-0.25, -0.2) is 10.2 Å². The Kier molecular flexibility index (Phi) is 7.77. The third-order valence-corrected chi connectivity index (χ3v) is 4.58. The molecular weight excluding hydrogens is 368 g/mol. The van der Waals surface area contributed by atoms with E-state index >= 15 is 0 Å². The maximum Gasteiger partial charge on any atom is 0.243 e. The van der Waals surface area contributed by atoms with Gasteiger partial charge in [0.25, 0.3) is 0 Å². The van der Waals surface area contributed by atoms with Gasteiger partial charge in [0.1, 0.15) is 11.5 Å². The zero-order valence-electron chi connectivity index (χ0n) is 16.3. The maximum atomic E-state index is 10.9. The molecule has 0 radical (unpaired) electrons. The normalized spacial score (nSPS) is 10.7. The number of benzene rings is 2. The molecular formula is C22H26N4O3. The highest BCUT2D eigenvalue weighted by Crippen LogP contribution is 2.22. The Balaban J connectivity index is 1.41. The monoisotopic (exact) mass is 394 g/mol. The summed E-state index contributed by atoms with van der Waals surface area (Å²) < 4.78 is 7.58. The summed E-state index contributed by atoms with van der Waals surface area (Å²) in [4.78, 5) is 10.9. The Hall–Kier alpha value is -3.19. The van der Waals surface area contributed by atoms with E-state index in [0.717, 1.165) is 61.4 Å². The second-order valence-electron chi connectivity index (χ2n) is 6.87. The molecule has 3 aromatic rings. The topological polar surface area (TPSA) is 89.3 Å². The van der Waals surface area contributed by atoms with Crippen LogP contribution in [0.1, 0.15) is 44.2 Å². The number of nitrogens with one attached hydrogen (secondary N) is 1. The van der Waals surface area contributed by atoms with Crippen molar-refractivity contribution < 1.29 is 14.7 Å². The van der Waals surface area contributed by atoms with Gasteiger partial charge in [-0.2, -0.15) is 0 Å². The molecule has 2 aromatic carbocycles. The van der Waals surface area contributed by atoms with Crippen molar-refractivity contribution in [1.29, 1.82) is 0 Å². The van der Waals surface area contributed by atoms with Crippen LogP contribution in [0.15, 0.2) is 60.8 Å². The Morgan fingerprint density at radius 1 is 0.931 bits per heavy atom. The molecule has 2 N–H and O–H groups in total. The predicted molar refractivity (Wildman–Crippen MR) is 109 cm³/mol. The van der Waals surface area contributed by atoms with Crippen LogP contribution in [0.25, 0.3) is 5.69 Å². The molecule has 0 fully saturated rings. The van der Waals surface area contributed by atoms with Crippen LogP contribution in [-0.2, 0) is 11.2 Å². The third-order valence-electron chi connectivity index (χ3n) is 4.58. The molecule has 29 heavy (non-hydrogen) atoms. The van der Waals surface area contributed by atoms with Crippen LogP contribution in [0.2, 0.25) is 0 Å². The molecule has 7 heteroatoms. The lowest BCUT2D eigenvalue weighted by atomic mass is 10.1. The SMILES string of the molecule is O=C(CCCCCCCc1cn(-c2ccc(Oc3ccccc3)cc2)nn1)NO. The fraction of sp³-hybridized carbons (Fsp3) is 0.318. The van der Waals surface area contributed by atoms with E-state index in [1.54, 1.807) is 10.2 Å². The second-order valence-corrected chi connectivity index (χ2v) is 6.87. The zero-order chi connectivity index (χ0) is 20.3. The molecule has 0 aliphatic heterocycles. The van der Waals surface area contributed by atoms with Crippen molar-refractivity contribution in [2.75, 3.05) is 0 Å². The smallest absolute Gasteiger partial charge is 0.243 e. The lowest BCUT2D eigenvalue weighted by Crippen LogP contribution is -2.17. The molecule has 3 rings (SSSR count). The Morgan fingerprint density at radius 3 is 2.38 bits per heavy atom. The molecule has 0 aliphatic rings. The van der Waals surface area contributed by atoms with Crippen molar-refractivity contribution in [3.8, 4) is 17.2 Å². The number of amides is 1. The van der Waals surface area contributed by atoms with E-state index < -0.39 is 0 Å². The predicted octanol–water partition coefficient (Wildman–Crippen LogP) is 4.45. The summed E-state index contributed by atoms with van der Waals surface area (Å²) in [6, 6.07) is 17.4. The number of aromatic nitrogens is 3. The molecule has 0 saturated carbocycles. The van der Waals surface area contributed by atoms with Gasteiger partial charge in [0.15, 0.2) is 0 Å². The molecule has 7 nitrogen and oxygen atoms in total. The molecule has 0 atom stereocenters. The third kappa shape index (κ3) is 6.73. The van der Waals surface area contributed by atoms with Crippen molar-refractivity contribution in [1.82, 2.24) is 20.5 Å². The Labute approximate surface area is 170 Å². The Morgan fingerprint density at radius 2 is 1.62 bits per heavy atom. The molecule has 0 aliphatic carbocycles. The van der Waals surface area contributed by atoms with Gasteiger partial charge in [-0.05, 0) is 55.7 Å². The van der Waals surface area contributed by atoms with Crippen LogP contribution in [0.4, 0.5) is 0 Å². The highest BCUT2D eigenvalue weighted by atomic mass is 16.5. The second kappa shape index (κ2) is 11.0. The van der Waals surface area contributed by atoms with Crippen molar-refractivity contribution in [3.05, 3.63) is 66.5 Å². The first-order valence-corrected chi connectivity index (χ1v) is 9.92. The molecule has 0 bridgehead atoms. The van der Waals surface area contributed by atoms with Gasteiger partial charge in [-0.1, -0.05) is 42.7 Å². The average molecular weight is 394 g/mol. The first kappa shape index (κ1) is 20.5. The first-order valence-electron chi connectivity index (χ1n) is 9.92. The van der Waals surface area contributed by atoms with E-state index in [1.807, 2.05) is 60.8 Å². The van der Waals surface area contributed by atoms with Gasteiger partial charge in [0.05, 0.1) is 17.6 Å². The van der Waals surface area contributed by atoms with Gasteiger partial charge in [-0.15, -0.1) is 5.10 Å². The number of rotatable bonds is 11. The standard InChI is InChI=1S/C22H26N4O3/c27-22(24-28)12-8-3-1-2-5-9-18-17-26(25-23-18)19-13-15-21(16-14-19)29-20-10-6-4-7-11-20/h4,6-7,10-11,13-17,28H,1-3,5,8-9,12H2,(H,24,27). The number of hydrogen-bond acceptors (Lipinski definition) is 5. The minimum atomic E-state index is -0.318. The number of para-hydroxylation sites is 1. The maximum absolute atomic E-state index is 10.9. The minimum Gasteiger partial charge on any atom is -0.457 e. The largest absolute Gasteiger partial charge is 0.457 e. The van der Waals surface area contributed by atoms with Gasteiger partial charge < -0.3 is 4.74 Å². The van der Waals surface area contributed by atoms with E-state index in [2.05, 4.69) is 10.3 Å². The highest BCUT2D eigenvalue weighted by molar-refractivity contribution is 5.74. The summed E-state index contributed by atoms with van der Waals surface area (Å²) in [5.74, 6) is 1.26. The van der Waals surface area contributed by atoms with E-state index in [4.69, 9.17) is 9.94 Å². The zero-order valence-corrected chi connectivity index (χ0v) is 16.3. The van der Waals surface area contributed by atoms with Crippen LogP contribution >= 0.6 is 0 Å². The summed E-state index contributed by atoms with van der Waals surface area (Å²) >= 11 is 0. The number of aryl methyl sites for hydroxylation is 1. The van der Waals surface area contributed by atoms with Crippen LogP contribution in [-0.4, -0.2) is 26.1 Å². The number of carbonyl (C=O) groups excluding carboxylic acids is 1. The van der Waals surface area contributed by atoms with E-state index in [0.29, 0.717) is 6.42 Å². The molecule has 0 unspecified atom stereocenters. The van der Waals surface area contributed by atoms with Crippen molar-refractivity contribution in [2.24, 2.45) is 0 Å². The van der Waals surface area contributed by atoms with Crippen molar-refractivity contribution in [3.63, 3.8) is 0 Å². The van der Waals surface area contributed by atoms with Gasteiger partial charge >= 0.3 is 0 Å². The van der Waals surface area contributed by atoms with Gasteiger partial charge in [0.2, 0.25) is 5.91 Å². The summed E-state index contributed by atoms with van der Waals surface area (Å²) in [7, 11) is 0. The molecule has 1 amide bonds. The fourth-order valence-electron chi connectivity index (χ4n) is 3.01. The molecule has 152 valence electrons. The number of hydrogen-bond donors (Lipinski definition) is 2. The number of nitrogens with zero attached hydrogens (tertiary/aromatic N) is 3. The fourth-order valence-corrected chi connectivity index (χ4v) is 3.01. The lowest BCUT2D eigenvalue weighted by Gasteiger charge is -2.06. The van der Waals surface area contributed by atoms with Crippen LogP contribution in [0, 0.1) is 0 Å². The van der Waals surface area contributed by atoms with Crippen LogP contribution in [0.3, 0.4) is 0 Å². The van der Waals surface area contributed by atoms with Crippen LogP contribution in [0.5, 0.6) is 11.5 Å². The molecule has 1 aromatic heterocycles. The molecule has 0 saturated heterocycles. The number of ether oxygens (including phenoxy) is 1. The van der Waals surface area contributed by atoms with Crippen molar-refractivity contribution >= 4 is 5.91 Å². The van der Waals surface area contributed by atoms with Crippen LogP contribution < -0.4 is 10.2 Å². The van der Waals surface area contributed by atoms with E-state index in [-0.39, 0.29) is 5.91 Å². The summed E-state index contributed by atoms with van der Waals surface area (Å²) in [6.07, 6.45) is 8.18. The number of hydroxylamine groups is 1. The average Bonchev–Trinajstić information content (AvgIpc) is 3.23. The Bertz CT molecular complexity index is 879. The quantitative estimate of drug-likeness (QED) is 0.285. The van der Waals surface area contributed by atoms with Gasteiger partial charge in [0, 0.05) is 6.42 Å². The van der Waals surface area contributed by atoms with E-state index in [1.165, 1.54) is 0 Å². The first-order chi connectivity index (χ1) is 14.2. The van der Waals surface area contributed by atoms with E-state index in [9.17, 15) is 4.79 Å². The highest BCUT2D eigenvalue weighted by Gasteiger charge is 2.04.